The Kier molecular flexibility index (Phi) is 2.34. The second-order valence-corrected chi connectivity index (χ2v) is 2.61. The van der Waals surface area contributed by atoms with Gasteiger partial charge in [0.1, 0.15) is 0 Å². The molecule has 0 aliphatic rings. The lowest BCUT2D eigenvalue weighted by molar-refractivity contribution is 1.73. The number of anilines is 1. The number of hydrogen-bond acceptors (Lipinski definition) is 1. The van der Waals surface area contributed by atoms with Crippen molar-refractivity contribution in [3.8, 4) is 0 Å². The monoisotopic (exact) mass is 159 g/mol. The first kappa shape index (κ1) is 8.60. The molecule has 2 aromatic rings. The van der Waals surface area contributed by atoms with E-state index in [1.807, 2.05) is 30.3 Å². The van der Waals surface area contributed by atoms with E-state index in [0.29, 0.717) is 0 Å². The molecular weight excluding hydrogens is 146 g/mol. The van der Waals surface area contributed by atoms with Crippen molar-refractivity contribution < 1.29 is 0 Å². The Hall–Kier alpha value is -1.50. The van der Waals surface area contributed by atoms with E-state index >= 15 is 0 Å². The van der Waals surface area contributed by atoms with Gasteiger partial charge >= 0.3 is 0 Å². The maximum atomic E-state index is 5.62. The summed E-state index contributed by atoms with van der Waals surface area (Å²) in [5.41, 5.74) is 6.45. The van der Waals surface area contributed by atoms with Crippen LogP contribution < -0.4 is 5.73 Å². The Bertz CT molecular complexity index is 379. The molecule has 0 saturated heterocycles. The summed E-state index contributed by atoms with van der Waals surface area (Å²) in [7, 11) is 0. The van der Waals surface area contributed by atoms with Crippen LogP contribution in [0.4, 0.5) is 5.69 Å². The third-order valence-corrected chi connectivity index (χ3v) is 1.77. The fourth-order valence-electron chi connectivity index (χ4n) is 1.21. The Balaban J connectivity index is 0.000000720. The molecule has 0 aliphatic carbocycles. The highest BCUT2D eigenvalue weighted by Gasteiger charge is 1.89. The molecule has 0 aliphatic heterocycles. The molecule has 2 aromatic carbocycles. The molecule has 2 rings (SSSR count). The van der Waals surface area contributed by atoms with E-state index in [1.165, 1.54) is 10.8 Å². The summed E-state index contributed by atoms with van der Waals surface area (Å²) >= 11 is 0. The summed E-state index contributed by atoms with van der Waals surface area (Å²) in [5.74, 6) is 0. The zero-order chi connectivity index (χ0) is 7.68. The van der Waals surface area contributed by atoms with Gasteiger partial charge in [0, 0.05) is 5.69 Å². The van der Waals surface area contributed by atoms with Gasteiger partial charge < -0.3 is 5.73 Å². The van der Waals surface area contributed by atoms with Crippen LogP contribution in [0.2, 0.25) is 0 Å². The first-order valence-corrected chi connectivity index (χ1v) is 3.60. The summed E-state index contributed by atoms with van der Waals surface area (Å²) in [4.78, 5) is 0. The average Bonchev–Trinajstić information content (AvgIpc) is 2.04. The highest BCUT2D eigenvalue weighted by Crippen LogP contribution is 2.15. The van der Waals surface area contributed by atoms with Crippen molar-refractivity contribution in [3.05, 3.63) is 42.5 Å². The predicted molar refractivity (Wildman–Crippen MR) is 55.1 cm³/mol. The molecule has 0 fully saturated rings. The molecule has 0 bridgehead atoms. The standard InChI is InChI=1S/C10H9N.CH4/c11-10-6-5-8-3-1-2-4-9(8)7-10;/h1-7H,11H2;1H4. The minimum Gasteiger partial charge on any atom is -0.399 e. The zero-order valence-electron chi connectivity index (χ0n) is 6.12. The Morgan fingerprint density at radius 2 is 1.50 bits per heavy atom. The number of benzene rings is 2. The van der Waals surface area contributed by atoms with Crippen LogP contribution in [0.1, 0.15) is 7.43 Å². The lowest BCUT2D eigenvalue weighted by atomic mass is 10.1. The smallest absolute Gasteiger partial charge is 0.0320 e. The van der Waals surface area contributed by atoms with Gasteiger partial charge in [-0.2, -0.15) is 0 Å². The fourth-order valence-corrected chi connectivity index (χ4v) is 1.21. The molecule has 2 N–H and O–H groups in total. The van der Waals surface area contributed by atoms with Gasteiger partial charge in [-0.3, -0.25) is 0 Å². The molecule has 0 spiro atoms. The van der Waals surface area contributed by atoms with Crippen LogP contribution in [-0.2, 0) is 0 Å². The number of hydrogen-bond donors (Lipinski definition) is 1. The van der Waals surface area contributed by atoms with E-state index in [4.69, 9.17) is 5.73 Å². The Morgan fingerprint density at radius 3 is 2.25 bits per heavy atom. The van der Waals surface area contributed by atoms with Crippen molar-refractivity contribution in [1.29, 1.82) is 0 Å². The van der Waals surface area contributed by atoms with E-state index in [2.05, 4.69) is 12.1 Å². The molecule has 0 radical (unpaired) electrons. The van der Waals surface area contributed by atoms with Gasteiger partial charge in [0.05, 0.1) is 0 Å². The molecule has 62 valence electrons. The van der Waals surface area contributed by atoms with Crippen molar-refractivity contribution >= 4 is 16.5 Å². The van der Waals surface area contributed by atoms with Gasteiger partial charge in [0.2, 0.25) is 0 Å². The third-order valence-electron chi connectivity index (χ3n) is 1.77. The highest BCUT2D eigenvalue weighted by atomic mass is 14.5. The topological polar surface area (TPSA) is 26.0 Å². The first-order valence-electron chi connectivity index (χ1n) is 3.60. The molecule has 0 atom stereocenters. The summed E-state index contributed by atoms with van der Waals surface area (Å²) in [6, 6.07) is 14.1. The molecule has 0 unspecified atom stereocenters. The van der Waals surface area contributed by atoms with Crippen LogP contribution in [-0.4, -0.2) is 0 Å². The van der Waals surface area contributed by atoms with Gasteiger partial charge in [-0.15, -0.1) is 0 Å². The van der Waals surface area contributed by atoms with Gasteiger partial charge in [-0.1, -0.05) is 37.8 Å². The van der Waals surface area contributed by atoms with Crippen LogP contribution in [0.5, 0.6) is 0 Å². The number of nitrogen functional groups attached to an aromatic ring is 1. The summed E-state index contributed by atoms with van der Waals surface area (Å²) < 4.78 is 0. The van der Waals surface area contributed by atoms with Gasteiger partial charge in [0.15, 0.2) is 0 Å². The number of fused-ring (bicyclic) bond motifs is 1. The second kappa shape index (κ2) is 3.26. The van der Waals surface area contributed by atoms with Crippen molar-refractivity contribution in [2.75, 3.05) is 5.73 Å². The van der Waals surface area contributed by atoms with Crippen LogP contribution in [0.15, 0.2) is 42.5 Å². The number of nitrogens with two attached hydrogens (primary N) is 1. The molecule has 12 heavy (non-hydrogen) atoms. The van der Waals surface area contributed by atoms with E-state index in [-0.39, 0.29) is 7.43 Å². The van der Waals surface area contributed by atoms with Gasteiger partial charge in [-0.25, -0.2) is 0 Å². The second-order valence-electron chi connectivity index (χ2n) is 2.61. The van der Waals surface area contributed by atoms with Gasteiger partial charge in [-0.05, 0) is 22.9 Å². The van der Waals surface area contributed by atoms with Crippen molar-refractivity contribution in [2.24, 2.45) is 0 Å². The van der Waals surface area contributed by atoms with Crippen molar-refractivity contribution in [1.82, 2.24) is 0 Å². The molecule has 1 heteroatoms. The molecule has 0 amide bonds. The van der Waals surface area contributed by atoms with E-state index in [9.17, 15) is 0 Å². The quantitative estimate of drug-likeness (QED) is 0.587. The normalized spacial score (nSPS) is 9.33. The average molecular weight is 159 g/mol. The minimum absolute atomic E-state index is 0. The van der Waals surface area contributed by atoms with Crippen LogP contribution in [0.3, 0.4) is 0 Å². The lowest BCUT2D eigenvalue weighted by Gasteiger charge is -1.96. The first-order chi connectivity index (χ1) is 5.36. The van der Waals surface area contributed by atoms with E-state index < -0.39 is 0 Å². The lowest BCUT2D eigenvalue weighted by Crippen LogP contribution is -1.82. The van der Waals surface area contributed by atoms with Gasteiger partial charge in [0.25, 0.3) is 0 Å². The van der Waals surface area contributed by atoms with E-state index in [1.54, 1.807) is 0 Å². The summed E-state index contributed by atoms with van der Waals surface area (Å²) in [5, 5.41) is 2.44. The molecule has 1 nitrogen and oxygen atoms in total. The SMILES string of the molecule is C.Nc1ccc2ccccc2c1. The molecule has 0 saturated carbocycles. The zero-order valence-corrected chi connectivity index (χ0v) is 6.12. The molecule has 0 heterocycles. The minimum atomic E-state index is 0. The van der Waals surface area contributed by atoms with Crippen molar-refractivity contribution in [2.45, 2.75) is 7.43 Å². The van der Waals surface area contributed by atoms with Crippen LogP contribution >= 0.6 is 0 Å². The predicted octanol–water partition coefficient (Wildman–Crippen LogP) is 3.06. The summed E-state index contributed by atoms with van der Waals surface area (Å²) in [6.07, 6.45) is 0. The molecule has 0 aromatic heterocycles. The molecular formula is C11H13N. The van der Waals surface area contributed by atoms with E-state index in [0.717, 1.165) is 5.69 Å². The van der Waals surface area contributed by atoms with Crippen LogP contribution in [0, 0.1) is 0 Å². The third kappa shape index (κ3) is 1.40. The number of rotatable bonds is 0. The fraction of sp³-hybridized carbons (Fsp3) is 0.0909. The maximum Gasteiger partial charge on any atom is 0.0320 e. The van der Waals surface area contributed by atoms with Crippen LogP contribution in [0.25, 0.3) is 10.8 Å². The largest absolute Gasteiger partial charge is 0.399 e. The maximum absolute atomic E-state index is 5.62. The highest BCUT2D eigenvalue weighted by molar-refractivity contribution is 5.85. The summed E-state index contributed by atoms with van der Waals surface area (Å²) in [6.45, 7) is 0. The Morgan fingerprint density at radius 1 is 0.833 bits per heavy atom. The van der Waals surface area contributed by atoms with Crippen molar-refractivity contribution in [3.63, 3.8) is 0 Å². The Labute approximate surface area is 72.8 Å².